The molecule has 0 radical (unpaired) electrons. The summed E-state index contributed by atoms with van der Waals surface area (Å²) in [6.07, 6.45) is 0. The van der Waals surface area contributed by atoms with Gasteiger partial charge in [0.15, 0.2) is 0 Å². The Morgan fingerprint density at radius 3 is 1.74 bits per heavy atom. The summed E-state index contributed by atoms with van der Waals surface area (Å²) in [5.41, 5.74) is -2.94. The van der Waals surface area contributed by atoms with Crippen molar-refractivity contribution in [1.29, 1.82) is 0 Å². The number of hydrogen-bond donors (Lipinski definition) is 4. The first-order valence-corrected chi connectivity index (χ1v) is 6.24. The lowest BCUT2D eigenvalue weighted by atomic mass is 9.93. The van der Waals surface area contributed by atoms with E-state index in [-0.39, 0.29) is 5.56 Å². The molecule has 0 aliphatic rings. The molecule has 0 aromatic heterocycles. The zero-order valence-electron chi connectivity index (χ0n) is 12.0. The van der Waals surface area contributed by atoms with Crippen LogP contribution in [0.4, 0.5) is 0 Å². The van der Waals surface area contributed by atoms with Crippen LogP contribution in [0, 0.1) is 5.41 Å². The summed E-state index contributed by atoms with van der Waals surface area (Å²) in [5, 5.41) is 35.8. The lowest BCUT2D eigenvalue weighted by Gasteiger charge is -2.21. The van der Waals surface area contributed by atoms with Crippen molar-refractivity contribution >= 4 is 23.9 Å². The van der Waals surface area contributed by atoms with Crippen LogP contribution < -0.4 is 0 Å². The van der Waals surface area contributed by atoms with Crippen LogP contribution in [-0.2, 0) is 9.53 Å². The first-order chi connectivity index (χ1) is 10.6. The van der Waals surface area contributed by atoms with Crippen LogP contribution in [0.15, 0.2) is 18.2 Å². The molecule has 124 valence electrons. The highest BCUT2D eigenvalue weighted by molar-refractivity contribution is 5.99. The van der Waals surface area contributed by atoms with Crippen molar-refractivity contribution in [3.63, 3.8) is 0 Å². The van der Waals surface area contributed by atoms with E-state index in [2.05, 4.69) is 0 Å². The molecule has 1 aromatic carbocycles. The van der Waals surface area contributed by atoms with Gasteiger partial charge in [-0.1, -0.05) is 0 Å². The molecule has 0 heterocycles. The molecule has 4 N–H and O–H groups in total. The number of carbonyl (C=O) groups excluding carboxylic acids is 1. The van der Waals surface area contributed by atoms with Crippen LogP contribution in [0.5, 0.6) is 0 Å². The van der Waals surface area contributed by atoms with Crippen LogP contribution in [0.3, 0.4) is 0 Å². The molecule has 0 bridgehead atoms. The Morgan fingerprint density at radius 2 is 1.39 bits per heavy atom. The first kappa shape index (κ1) is 18.1. The maximum Gasteiger partial charge on any atom is 0.338 e. The van der Waals surface area contributed by atoms with Gasteiger partial charge in [0.05, 0.1) is 23.3 Å². The Bertz CT molecular complexity index is 632. The third-order valence-electron chi connectivity index (χ3n) is 3.05. The van der Waals surface area contributed by atoms with Gasteiger partial charge in [0.2, 0.25) is 0 Å². The summed E-state index contributed by atoms with van der Waals surface area (Å²) in [6.45, 7) is -0.304. The van der Waals surface area contributed by atoms with Crippen LogP contribution in [0.1, 0.15) is 38.0 Å². The molecule has 0 saturated heterocycles. The van der Waals surface area contributed by atoms with Gasteiger partial charge < -0.3 is 25.2 Å². The number of carbonyl (C=O) groups is 4. The molecule has 0 fully saturated rings. The van der Waals surface area contributed by atoms with Crippen molar-refractivity contribution < 1.29 is 44.3 Å². The Kier molecular flexibility index (Phi) is 5.42. The normalized spacial score (nSPS) is 13.0. The van der Waals surface area contributed by atoms with E-state index in [4.69, 9.17) is 25.2 Å². The van der Waals surface area contributed by atoms with Crippen molar-refractivity contribution in [2.75, 3.05) is 13.2 Å². The molecule has 1 atom stereocenters. The minimum atomic E-state index is -1.73. The molecule has 0 spiro atoms. The molecule has 0 saturated carbocycles. The summed E-state index contributed by atoms with van der Waals surface area (Å²) >= 11 is 0. The molecular formula is C14H14O9. The smallest absolute Gasteiger partial charge is 0.338 e. The minimum Gasteiger partial charge on any atom is -0.481 e. The summed E-state index contributed by atoms with van der Waals surface area (Å²) in [7, 11) is 0. The number of esters is 1. The third-order valence-corrected chi connectivity index (χ3v) is 3.05. The highest BCUT2D eigenvalue weighted by Crippen LogP contribution is 2.18. The largest absolute Gasteiger partial charge is 0.481 e. The second-order valence-electron chi connectivity index (χ2n) is 5.01. The monoisotopic (exact) mass is 326 g/mol. The molecule has 0 aliphatic carbocycles. The van der Waals surface area contributed by atoms with Gasteiger partial charge in [-0.05, 0) is 25.1 Å². The van der Waals surface area contributed by atoms with Gasteiger partial charge in [-0.25, -0.2) is 14.4 Å². The SMILES string of the molecule is CC(CO)(COC(=O)c1cc(C(=O)O)cc(C(=O)O)c1)C(=O)O. The lowest BCUT2D eigenvalue weighted by Crippen LogP contribution is -2.37. The maximum atomic E-state index is 11.9. The maximum absolute atomic E-state index is 11.9. The Balaban J connectivity index is 3.06. The number of ether oxygens (including phenoxy) is 1. The summed E-state index contributed by atoms with van der Waals surface area (Å²) in [5.74, 6) is -5.37. The second-order valence-corrected chi connectivity index (χ2v) is 5.01. The first-order valence-electron chi connectivity index (χ1n) is 6.24. The molecule has 9 nitrogen and oxygen atoms in total. The van der Waals surface area contributed by atoms with Crippen LogP contribution >= 0.6 is 0 Å². The van der Waals surface area contributed by atoms with Gasteiger partial charge in [0, 0.05) is 0 Å². The van der Waals surface area contributed by atoms with Crippen molar-refractivity contribution in [2.24, 2.45) is 5.41 Å². The average molecular weight is 326 g/mol. The number of rotatable bonds is 7. The zero-order valence-corrected chi connectivity index (χ0v) is 12.0. The van der Waals surface area contributed by atoms with Crippen molar-refractivity contribution in [1.82, 2.24) is 0 Å². The quantitative estimate of drug-likeness (QED) is 0.518. The predicted octanol–water partition coefficient (Wildman–Crippen LogP) is 0.323. The number of benzene rings is 1. The molecule has 1 unspecified atom stereocenters. The van der Waals surface area contributed by atoms with Crippen LogP contribution in [0.25, 0.3) is 0 Å². The van der Waals surface area contributed by atoms with Gasteiger partial charge in [-0.15, -0.1) is 0 Å². The summed E-state index contributed by atoms with van der Waals surface area (Å²) in [4.78, 5) is 44.8. The molecule has 9 heteroatoms. The fraction of sp³-hybridized carbons (Fsp3) is 0.286. The van der Waals surface area contributed by atoms with E-state index < -0.39 is 53.6 Å². The molecule has 0 amide bonds. The number of aliphatic hydroxyl groups is 1. The highest BCUT2D eigenvalue weighted by Gasteiger charge is 2.34. The number of aliphatic carboxylic acids is 1. The van der Waals surface area contributed by atoms with E-state index in [1.54, 1.807) is 0 Å². The number of carboxylic acids is 3. The van der Waals surface area contributed by atoms with Crippen molar-refractivity contribution in [3.8, 4) is 0 Å². The van der Waals surface area contributed by atoms with Gasteiger partial charge >= 0.3 is 23.9 Å². The van der Waals surface area contributed by atoms with E-state index in [1.807, 2.05) is 0 Å². The van der Waals surface area contributed by atoms with Crippen LogP contribution in [0.2, 0.25) is 0 Å². The van der Waals surface area contributed by atoms with Crippen LogP contribution in [-0.4, -0.2) is 57.5 Å². The molecule has 1 aromatic rings. The zero-order chi connectivity index (χ0) is 17.8. The summed E-state index contributed by atoms with van der Waals surface area (Å²) < 4.78 is 4.75. The number of carboxylic acid groups (broad SMARTS) is 3. The molecular weight excluding hydrogens is 312 g/mol. The van der Waals surface area contributed by atoms with E-state index in [9.17, 15) is 19.2 Å². The number of aromatic carboxylic acids is 2. The number of aliphatic hydroxyl groups excluding tert-OH is 1. The van der Waals surface area contributed by atoms with E-state index >= 15 is 0 Å². The van der Waals surface area contributed by atoms with Gasteiger partial charge in [-0.2, -0.15) is 0 Å². The Labute approximate surface area is 129 Å². The summed E-state index contributed by atoms with van der Waals surface area (Å²) in [6, 6.07) is 2.69. The molecule has 23 heavy (non-hydrogen) atoms. The van der Waals surface area contributed by atoms with E-state index in [0.717, 1.165) is 25.1 Å². The average Bonchev–Trinajstić information content (AvgIpc) is 2.51. The van der Waals surface area contributed by atoms with Crippen molar-refractivity contribution in [3.05, 3.63) is 34.9 Å². The fourth-order valence-corrected chi connectivity index (χ4v) is 1.48. The van der Waals surface area contributed by atoms with Gasteiger partial charge in [-0.3, -0.25) is 4.79 Å². The minimum absolute atomic E-state index is 0.354. The lowest BCUT2D eigenvalue weighted by molar-refractivity contribution is -0.153. The fourth-order valence-electron chi connectivity index (χ4n) is 1.48. The predicted molar refractivity (Wildman–Crippen MR) is 73.5 cm³/mol. The molecule has 1 rings (SSSR count). The second kappa shape index (κ2) is 6.88. The van der Waals surface area contributed by atoms with Gasteiger partial charge in [0.25, 0.3) is 0 Å². The van der Waals surface area contributed by atoms with E-state index in [0.29, 0.717) is 0 Å². The topological polar surface area (TPSA) is 158 Å². The van der Waals surface area contributed by atoms with E-state index in [1.165, 1.54) is 0 Å². The highest BCUT2D eigenvalue weighted by atomic mass is 16.5. The third kappa shape index (κ3) is 4.27. The number of hydrogen-bond acceptors (Lipinski definition) is 6. The van der Waals surface area contributed by atoms with Gasteiger partial charge in [0.1, 0.15) is 12.0 Å². The molecule has 0 aliphatic heterocycles. The van der Waals surface area contributed by atoms with Crippen molar-refractivity contribution in [2.45, 2.75) is 6.92 Å². The Morgan fingerprint density at radius 1 is 0.957 bits per heavy atom. The Hall–Kier alpha value is -2.94. The standard InChI is InChI=1S/C14H14O9/c1-14(5-15,13(21)22)6-23-12(20)9-3-7(10(16)17)2-8(4-9)11(18)19/h2-4,15H,5-6H2,1H3,(H,16,17)(H,18,19)(H,21,22).